The normalized spacial score (nSPS) is 11.5. The van der Waals surface area contributed by atoms with Gasteiger partial charge >= 0.3 is 0 Å². The lowest BCUT2D eigenvalue weighted by molar-refractivity contribution is 0.306. The second-order valence-corrected chi connectivity index (χ2v) is 12.1. The number of fused-ring (bicyclic) bond motifs is 1. The second kappa shape index (κ2) is 13.8. The van der Waals surface area contributed by atoms with Crippen LogP contribution in [-0.4, -0.2) is 44.7 Å². The van der Waals surface area contributed by atoms with Crippen LogP contribution in [0.3, 0.4) is 0 Å². The molecule has 1 aromatic heterocycles. The molecule has 0 atom stereocenters. The van der Waals surface area contributed by atoms with Crippen LogP contribution in [0.2, 0.25) is 5.02 Å². The zero-order valence-corrected chi connectivity index (χ0v) is 24.5. The summed E-state index contributed by atoms with van der Waals surface area (Å²) in [6, 6.07) is 27.8. The summed E-state index contributed by atoms with van der Waals surface area (Å²) in [6.07, 6.45) is 4.70. The minimum Gasteiger partial charge on any atom is -0.508 e. The average molecular weight is 602 g/mol. The van der Waals surface area contributed by atoms with Crippen molar-refractivity contribution in [3.05, 3.63) is 120 Å². The number of aromatic nitrogens is 1. The molecule has 1 heterocycles. The largest absolute Gasteiger partial charge is 0.508 e. The molecule has 3 N–H and O–H groups in total. The number of nitrogens with one attached hydrogen (secondary N) is 2. The smallest absolute Gasteiger partial charge is 0.241 e. The summed E-state index contributed by atoms with van der Waals surface area (Å²) in [7, 11) is -3.81. The van der Waals surface area contributed by atoms with Gasteiger partial charge < -0.3 is 15.2 Å². The maximum atomic E-state index is 13.3. The van der Waals surface area contributed by atoms with E-state index in [4.69, 9.17) is 16.3 Å². The number of sulfonamides is 1. The molecule has 42 heavy (non-hydrogen) atoms. The van der Waals surface area contributed by atoms with E-state index in [0.717, 1.165) is 24.2 Å². The first-order valence-electron chi connectivity index (χ1n) is 13.7. The predicted molar refractivity (Wildman–Crippen MR) is 168 cm³/mol. The lowest BCUT2D eigenvalue weighted by atomic mass is 10.0. The third kappa shape index (κ3) is 7.66. The third-order valence-corrected chi connectivity index (χ3v) is 8.53. The van der Waals surface area contributed by atoms with Gasteiger partial charge in [0.25, 0.3) is 0 Å². The molecule has 0 amide bonds. The fraction of sp³-hybridized carbons (Fsp3) is 0.182. The van der Waals surface area contributed by atoms with E-state index in [0.29, 0.717) is 46.6 Å². The van der Waals surface area contributed by atoms with Gasteiger partial charge in [-0.3, -0.25) is 4.98 Å². The van der Waals surface area contributed by atoms with Crippen LogP contribution in [0.15, 0.2) is 108 Å². The Labute approximate surface area is 251 Å². The van der Waals surface area contributed by atoms with Crippen molar-refractivity contribution in [2.75, 3.05) is 26.2 Å². The number of hydrogen-bond donors (Lipinski definition) is 3. The molecular weight excluding hydrogens is 570 g/mol. The van der Waals surface area contributed by atoms with Gasteiger partial charge in [-0.15, -0.1) is 0 Å². The van der Waals surface area contributed by atoms with Gasteiger partial charge in [-0.25, -0.2) is 13.1 Å². The van der Waals surface area contributed by atoms with Gasteiger partial charge in [0.05, 0.1) is 11.5 Å². The number of ether oxygens (including phenoxy) is 1. The zero-order valence-electron chi connectivity index (χ0n) is 23.0. The van der Waals surface area contributed by atoms with E-state index >= 15 is 0 Å². The van der Waals surface area contributed by atoms with E-state index in [9.17, 15) is 13.5 Å². The molecule has 5 rings (SSSR count). The number of phenols is 1. The fourth-order valence-electron chi connectivity index (χ4n) is 4.75. The Morgan fingerprint density at radius 2 is 1.71 bits per heavy atom. The van der Waals surface area contributed by atoms with Crippen molar-refractivity contribution < 1.29 is 18.3 Å². The lowest BCUT2D eigenvalue weighted by Crippen LogP contribution is -2.32. The molecule has 5 aromatic rings. The fourth-order valence-corrected chi connectivity index (χ4v) is 6.23. The van der Waals surface area contributed by atoms with Crippen LogP contribution in [0.5, 0.6) is 11.5 Å². The van der Waals surface area contributed by atoms with Crippen LogP contribution in [-0.2, 0) is 16.4 Å². The van der Waals surface area contributed by atoms with E-state index in [1.54, 1.807) is 42.7 Å². The quantitative estimate of drug-likeness (QED) is 0.139. The number of benzene rings is 4. The first-order chi connectivity index (χ1) is 20.4. The molecule has 0 aliphatic carbocycles. The van der Waals surface area contributed by atoms with Gasteiger partial charge in [-0.2, -0.15) is 0 Å². The van der Waals surface area contributed by atoms with Crippen molar-refractivity contribution in [3.63, 3.8) is 0 Å². The zero-order chi connectivity index (χ0) is 29.4. The van der Waals surface area contributed by atoms with Gasteiger partial charge in [0.15, 0.2) is 0 Å². The SMILES string of the molecule is O=S(=O)(NCCNCCCOc1ccc(Cl)cc1Cc1ccccc1)c1cc(-c2cccc(O)c2)cc2cnccc12. The van der Waals surface area contributed by atoms with Gasteiger partial charge in [0.1, 0.15) is 11.5 Å². The van der Waals surface area contributed by atoms with Crippen molar-refractivity contribution in [2.45, 2.75) is 17.7 Å². The summed E-state index contributed by atoms with van der Waals surface area (Å²) in [5, 5.41) is 15.1. The highest BCUT2D eigenvalue weighted by atomic mass is 35.5. The molecule has 0 aliphatic rings. The maximum Gasteiger partial charge on any atom is 0.241 e. The number of nitrogens with zero attached hydrogens (tertiary/aromatic N) is 1. The highest BCUT2D eigenvalue weighted by Crippen LogP contribution is 2.31. The molecule has 7 nitrogen and oxygen atoms in total. The van der Waals surface area contributed by atoms with Crippen LogP contribution in [0.4, 0.5) is 0 Å². The monoisotopic (exact) mass is 601 g/mol. The van der Waals surface area contributed by atoms with Gasteiger partial charge in [0.2, 0.25) is 10.0 Å². The number of halogens is 1. The van der Waals surface area contributed by atoms with Crippen molar-refractivity contribution in [1.29, 1.82) is 0 Å². The van der Waals surface area contributed by atoms with Crippen molar-refractivity contribution in [1.82, 2.24) is 15.0 Å². The average Bonchev–Trinajstić information content (AvgIpc) is 2.99. The Kier molecular flexibility index (Phi) is 9.71. The summed E-state index contributed by atoms with van der Waals surface area (Å²) in [4.78, 5) is 4.33. The highest BCUT2D eigenvalue weighted by Gasteiger charge is 2.19. The lowest BCUT2D eigenvalue weighted by Gasteiger charge is -2.14. The minimum atomic E-state index is -3.81. The van der Waals surface area contributed by atoms with Crippen LogP contribution < -0.4 is 14.8 Å². The molecule has 0 aliphatic heterocycles. The molecule has 0 bridgehead atoms. The van der Waals surface area contributed by atoms with Gasteiger partial charge in [0, 0.05) is 47.7 Å². The molecule has 4 aromatic carbocycles. The predicted octanol–water partition coefficient (Wildman–Crippen LogP) is 6.19. The summed E-state index contributed by atoms with van der Waals surface area (Å²) in [5.41, 5.74) is 3.61. The van der Waals surface area contributed by atoms with Crippen molar-refractivity contribution in [2.24, 2.45) is 0 Å². The molecule has 0 saturated heterocycles. The Balaban J connectivity index is 1.13. The molecule has 0 radical (unpaired) electrons. The Morgan fingerprint density at radius 1 is 0.857 bits per heavy atom. The Morgan fingerprint density at radius 3 is 2.55 bits per heavy atom. The molecule has 0 unspecified atom stereocenters. The first-order valence-corrected chi connectivity index (χ1v) is 15.6. The number of pyridine rings is 1. The summed E-state index contributed by atoms with van der Waals surface area (Å²) in [5.74, 6) is 0.921. The molecule has 216 valence electrons. The first kappa shape index (κ1) is 29.5. The summed E-state index contributed by atoms with van der Waals surface area (Å²) < 4.78 is 35.4. The van der Waals surface area contributed by atoms with Crippen molar-refractivity contribution in [3.8, 4) is 22.6 Å². The third-order valence-electron chi connectivity index (χ3n) is 6.79. The maximum absolute atomic E-state index is 13.3. The number of rotatable bonds is 13. The molecule has 9 heteroatoms. The topological polar surface area (TPSA) is 101 Å². The molecule has 0 spiro atoms. The van der Waals surface area contributed by atoms with E-state index in [1.807, 2.05) is 48.5 Å². The van der Waals surface area contributed by atoms with Crippen LogP contribution >= 0.6 is 11.6 Å². The number of phenolic OH excluding ortho intramolecular Hbond substituents is 1. The van der Waals surface area contributed by atoms with Gasteiger partial charge in [-0.1, -0.05) is 54.1 Å². The summed E-state index contributed by atoms with van der Waals surface area (Å²) >= 11 is 6.23. The van der Waals surface area contributed by atoms with Crippen LogP contribution in [0.1, 0.15) is 17.5 Å². The molecule has 0 saturated carbocycles. The molecule has 0 fully saturated rings. The highest BCUT2D eigenvalue weighted by molar-refractivity contribution is 7.89. The minimum absolute atomic E-state index is 0.110. The van der Waals surface area contributed by atoms with E-state index in [2.05, 4.69) is 27.2 Å². The second-order valence-electron chi connectivity index (χ2n) is 9.89. The van der Waals surface area contributed by atoms with E-state index in [1.165, 1.54) is 5.56 Å². The van der Waals surface area contributed by atoms with Crippen LogP contribution in [0, 0.1) is 0 Å². The Hall–Kier alpha value is -3.95. The van der Waals surface area contributed by atoms with Crippen LogP contribution in [0.25, 0.3) is 21.9 Å². The summed E-state index contributed by atoms with van der Waals surface area (Å²) in [6.45, 7) is 1.88. The van der Waals surface area contributed by atoms with Crippen molar-refractivity contribution >= 4 is 32.4 Å². The Bertz CT molecular complexity index is 1760. The van der Waals surface area contributed by atoms with Gasteiger partial charge in [-0.05, 0) is 83.8 Å². The van der Waals surface area contributed by atoms with E-state index < -0.39 is 10.0 Å². The molecular formula is C33H32ClN3O4S. The number of hydrogen-bond acceptors (Lipinski definition) is 6. The standard InChI is InChI=1S/C33H32ClN3O4S/c34-29-10-11-32(27(20-29)18-24-6-2-1-3-7-24)41-17-5-13-35-15-16-37-42(39,40)33-22-26(25-8-4-9-30(38)21-25)19-28-23-36-14-12-31(28)33/h1-4,6-12,14,19-23,35,37-38H,5,13,15-18H2. The number of aromatic hydroxyl groups is 1. The van der Waals surface area contributed by atoms with E-state index in [-0.39, 0.29) is 17.2 Å².